The van der Waals surface area contributed by atoms with Gasteiger partial charge in [-0.2, -0.15) is 0 Å². The van der Waals surface area contributed by atoms with E-state index in [2.05, 4.69) is 47.2 Å². The molecule has 2 aliphatic heterocycles. The number of carboxylic acid groups (broad SMARTS) is 2. The molecule has 0 radical (unpaired) electrons. The lowest BCUT2D eigenvalue weighted by molar-refractivity contribution is -0.134. The van der Waals surface area contributed by atoms with E-state index in [0.717, 1.165) is 56.2 Å². The number of carboxylic acids is 2. The van der Waals surface area contributed by atoms with Crippen molar-refractivity contribution >= 4 is 29.3 Å². The summed E-state index contributed by atoms with van der Waals surface area (Å²) in [6, 6.07) is 14.8. The highest BCUT2D eigenvalue weighted by atomic mass is 16.4. The van der Waals surface area contributed by atoms with E-state index < -0.39 is 11.9 Å². The highest BCUT2D eigenvalue weighted by molar-refractivity contribution is 5.97. The number of para-hydroxylation sites is 2. The Kier molecular flexibility index (Phi) is 10.0. The van der Waals surface area contributed by atoms with Gasteiger partial charge in [0.2, 0.25) is 0 Å². The monoisotopic (exact) mass is 509 g/mol. The van der Waals surface area contributed by atoms with Crippen LogP contribution in [-0.4, -0.2) is 76.8 Å². The van der Waals surface area contributed by atoms with E-state index in [1.807, 2.05) is 40.3 Å². The molecule has 10 heteroatoms. The van der Waals surface area contributed by atoms with Gasteiger partial charge in [-0.25, -0.2) is 14.4 Å². The van der Waals surface area contributed by atoms with Crippen LogP contribution in [0.4, 0.5) is 16.2 Å². The fourth-order valence-electron chi connectivity index (χ4n) is 4.29. The number of benzene rings is 1. The van der Waals surface area contributed by atoms with Crippen molar-refractivity contribution in [3.63, 3.8) is 0 Å². The van der Waals surface area contributed by atoms with Crippen molar-refractivity contribution in [3.05, 3.63) is 66.5 Å². The number of fused-ring (bicyclic) bond motifs is 1. The summed E-state index contributed by atoms with van der Waals surface area (Å²) in [6.45, 7) is 9.31. The summed E-state index contributed by atoms with van der Waals surface area (Å²) >= 11 is 0. The van der Waals surface area contributed by atoms with Crippen LogP contribution in [0.25, 0.3) is 0 Å². The van der Waals surface area contributed by atoms with Gasteiger partial charge in [-0.05, 0) is 43.1 Å². The maximum absolute atomic E-state index is 13.3. The molecule has 1 aromatic heterocycles. The van der Waals surface area contributed by atoms with E-state index in [0.29, 0.717) is 30.7 Å². The second-order valence-corrected chi connectivity index (χ2v) is 9.41. The number of hydrogen-bond acceptors (Lipinski definition) is 6. The molecule has 0 spiro atoms. The lowest BCUT2D eigenvalue weighted by Crippen LogP contribution is -2.49. The maximum atomic E-state index is 13.3. The molecule has 3 heterocycles. The molecular weight excluding hydrogens is 474 g/mol. The van der Waals surface area contributed by atoms with Crippen LogP contribution < -0.4 is 15.1 Å². The van der Waals surface area contributed by atoms with Gasteiger partial charge in [0.25, 0.3) is 0 Å². The van der Waals surface area contributed by atoms with Crippen molar-refractivity contribution in [2.45, 2.75) is 32.9 Å². The van der Waals surface area contributed by atoms with Crippen LogP contribution in [0.5, 0.6) is 0 Å². The molecule has 4 rings (SSSR count). The fourth-order valence-corrected chi connectivity index (χ4v) is 4.29. The Morgan fingerprint density at radius 1 is 1.00 bits per heavy atom. The third-order valence-corrected chi connectivity index (χ3v) is 6.06. The number of aromatic nitrogens is 1. The second-order valence-electron chi connectivity index (χ2n) is 9.41. The zero-order valence-corrected chi connectivity index (χ0v) is 21.3. The summed E-state index contributed by atoms with van der Waals surface area (Å²) in [5, 5.41) is 19.2. The van der Waals surface area contributed by atoms with E-state index >= 15 is 0 Å². The summed E-state index contributed by atoms with van der Waals surface area (Å²) < 4.78 is 0. The zero-order chi connectivity index (χ0) is 26.8. The summed E-state index contributed by atoms with van der Waals surface area (Å²) in [4.78, 5) is 43.2. The smallest absolute Gasteiger partial charge is 0.328 e. The maximum Gasteiger partial charge on any atom is 0.328 e. The minimum atomic E-state index is -1.26. The van der Waals surface area contributed by atoms with Gasteiger partial charge in [0, 0.05) is 50.6 Å². The third-order valence-electron chi connectivity index (χ3n) is 6.06. The first-order valence-corrected chi connectivity index (χ1v) is 12.4. The van der Waals surface area contributed by atoms with Crippen LogP contribution in [0.3, 0.4) is 0 Å². The molecule has 1 fully saturated rings. The first-order chi connectivity index (χ1) is 17.7. The van der Waals surface area contributed by atoms with Gasteiger partial charge in [-0.3, -0.25) is 9.88 Å². The number of likely N-dealkylation sites (tertiary alicyclic amines) is 1. The average molecular weight is 510 g/mol. The van der Waals surface area contributed by atoms with Crippen molar-refractivity contribution in [2.24, 2.45) is 5.92 Å². The molecule has 3 N–H and O–H groups in total. The van der Waals surface area contributed by atoms with E-state index in [-0.39, 0.29) is 6.03 Å². The van der Waals surface area contributed by atoms with Crippen molar-refractivity contribution in [1.29, 1.82) is 0 Å². The van der Waals surface area contributed by atoms with Gasteiger partial charge in [0.15, 0.2) is 0 Å². The van der Waals surface area contributed by atoms with Crippen molar-refractivity contribution < 1.29 is 24.6 Å². The molecule has 0 saturated carbocycles. The van der Waals surface area contributed by atoms with Gasteiger partial charge in [0.1, 0.15) is 0 Å². The highest BCUT2D eigenvalue weighted by Gasteiger charge is 2.33. The molecule has 1 unspecified atom stereocenters. The fraction of sp³-hybridized carbons (Fsp3) is 0.407. The number of amides is 2. The quantitative estimate of drug-likeness (QED) is 0.486. The molecule has 0 aliphatic carbocycles. The Labute approximate surface area is 217 Å². The Morgan fingerprint density at radius 2 is 1.68 bits per heavy atom. The summed E-state index contributed by atoms with van der Waals surface area (Å²) in [7, 11) is 0. The molecule has 0 bridgehead atoms. The number of anilines is 2. The predicted octanol–water partition coefficient (Wildman–Crippen LogP) is 3.06. The molecule has 1 aromatic carbocycles. The summed E-state index contributed by atoms with van der Waals surface area (Å²) in [6.07, 6.45) is 3.97. The van der Waals surface area contributed by atoms with E-state index in [9.17, 15) is 14.4 Å². The first kappa shape index (κ1) is 27.7. The number of urea groups is 1. The molecule has 10 nitrogen and oxygen atoms in total. The van der Waals surface area contributed by atoms with E-state index in [4.69, 9.17) is 10.2 Å². The van der Waals surface area contributed by atoms with Gasteiger partial charge in [-0.1, -0.05) is 32.0 Å². The predicted molar refractivity (Wildman–Crippen MR) is 142 cm³/mol. The average Bonchev–Trinajstić information content (AvgIpc) is 3.36. The Balaban J connectivity index is 0.000000414. The first-order valence-electron chi connectivity index (χ1n) is 12.4. The Morgan fingerprint density at radius 3 is 2.30 bits per heavy atom. The second kappa shape index (κ2) is 13.4. The highest BCUT2D eigenvalue weighted by Crippen LogP contribution is 2.34. The van der Waals surface area contributed by atoms with Crippen LogP contribution in [0, 0.1) is 5.92 Å². The molecule has 2 aromatic rings. The minimum absolute atomic E-state index is 0.129. The Hall–Kier alpha value is -3.92. The van der Waals surface area contributed by atoms with Crippen LogP contribution >= 0.6 is 0 Å². The third kappa shape index (κ3) is 8.32. The number of nitrogens with one attached hydrogen (secondary N) is 1. The van der Waals surface area contributed by atoms with Gasteiger partial charge < -0.3 is 25.3 Å². The van der Waals surface area contributed by atoms with Crippen molar-refractivity contribution in [2.75, 3.05) is 42.5 Å². The van der Waals surface area contributed by atoms with Crippen LogP contribution in [0.15, 0.2) is 60.8 Å². The van der Waals surface area contributed by atoms with Crippen molar-refractivity contribution in [3.8, 4) is 0 Å². The van der Waals surface area contributed by atoms with Crippen LogP contribution in [-0.2, 0) is 16.1 Å². The lowest BCUT2D eigenvalue weighted by Gasteiger charge is -2.39. The molecular formula is C27H35N5O5. The number of aliphatic carboxylic acids is 2. The van der Waals surface area contributed by atoms with Gasteiger partial charge >= 0.3 is 18.0 Å². The normalized spacial score (nSPS) is 16.9. The number of nitrogens with zero attached hydrogens (tertiary/aromatic N) is 4. The summed E-state index contributed by atoms with van der Waals surface area (Å²) in [5.41, 5.74) is 3.14. The topological polar surface area (TPSA) is 126 Å². The van der Waals surface area contributed by atoms with Crippen LogP contribution in [0.1, 0.15) is 26.0 Å². The minimum Gasteiger partial charge on any atom is -0.478 e. The molecule has 37 heavy (non-hydrogen) atoms. The number of carbonyl (C=O) groups excluding carboxylic acids is 1. The van der Waals surface area contributed by atoms with Crippen molar-refractivity contribution in [1.82, 2.24) is 15.2 Å². The molecule has 2 aliphatic rings. The molecule has 198 valence electrons. The van der Waals surface area contributed by atoms with E-state index in [1.54, 1.807) is 0 Å². The van der Waals surface area contributed by atoms with Crippen LogP contribution in [0.2, 0.25) is 0 Å². The zero-order valence-electron chi connectivity index (χ0n) is 21.3. The largest absolute Gasteiger partial charge is 0.478 e. The van der Waals surface area contributed by atoms with Gasteiger partial charge in [0.05, 0.1) is 23.6 Å². The molecule has 2 amide bonds. The SMILES string of the molecule is CC(C)CNC1CCN(C(=O)N2CCN(Cc3ccccn3)c3ccccc32)C1.O=C(O)/C=C/C(=O)O. The number of carbonyl (C=O) groups is 3. The standard InChI is InChI=1S/C23H31N5O.C4H4O4/c1-18(2)15-25-20-10-12-27(17-20)23(29)28-14-13-26(16-19-7-5-6-11-24-19)21-8-3-4-9-22(21)28;5-3(6)1-2-4(7)8/h3-9,11,18,20,25H,10,12-17H2,1-2H3;1-2H,(H,5,6)(H,7,8)/b;2-1+. The molecule has 1 atom stereocenters. The molecule has 1 saturated heterocycles. The Bertz CT molecular complexity index is 1080. The van der Waals surface area contributed by atoms with E-state index in [1.165, 1.54) is 0 Å². The summed E-state index contributed by atoms with van der Waals surface area (Å²) in [5.74, 6) is -1.89. The lowest BCUT2D eigenvalue weighted by atomic mass is 10.1. The number of hydrogen-bond donors (Lipinski definition) is 3. The van der Waals surface area contributed by atoms with Gasteiger partial charge in [-0.15, -0.1) is 0 Å². The number of rotatable bonds is 7. The number of pyridine rings is 1.